The predicted octanol–water partition coefficient (Wildman–Crippen LogP) is 3.29. The zero-order valence-corrected chi connectivity index (χ0v) is 15.2. The van der Waals surface area contributed by atoms with Gasteiger partial charge in [-0.3, -0.25) is 4.79 Å². The molecule has 1 heterocycles. The average Bonchev–Trinajstić information content (AvgIpc) is 2.84. The number of hydrogen-bond donors (Lipinski definition) is 2. The monoisotopic (exact) mass is 348 g/mol. The minimum absolute atomic E-state index is 0.00198. The second kappa shape index (κ2) is 6.33. The molecular formula is C18H24N2O3S. The Balaban J connectivity index is 1.88. The van der Waals surface area contributed by atoms with Crippen molar-refractivity contribution < 1.29 is 13.2 Å². The summed E-state index contributed by atoms with van der Waals surface area (Å²) in [6, 6.07) is 4.83. The van der Waals surface area contributed by atoms with Crippen LogP contribution in [0.1, 0.15) is 52.0 Å². The molecule has 1 aromatic rings. The van der Waals surface area contributed by atoms with E-state index in [0.29, 0.717) is 22.7 Å². The Bertz CT molecular complexity index is 800. The number of carbonyl (C=O) groups excluding carboxylic acids is 1. The smallest absolute Gasteiger partial charge is 0.256 e. The molecule has 0 atom stereocenters. The van der Waals surface area contributed by atoms with Gasteiger partial charge in [-0.1, -0.05) is 12.5 Å². The zero-order valence-electron chi connectivity index (χ0n) is 14.3. The second-order valence-electron chi connectivity index (χ2n) is 7.11. The van der Waals surface area contributed by atoms with Crippen molar-refractivity contribution in [3.8, 4) is 0 Å². The van der Waals surface area contributed by atoms with E-state index < -0.39 is 10.0 Å². The molecular weight excluding hydrogens is 324 g/mol. The molecule has 1 amide bonds. The number of sulfonamides is 1. The molecule has 5 nitrogen and oxygen atoms in total. The van der Waals surface area contributed by atoms with Crippen LogP contribution in [-0.4, -0.2) is 20.4 Å². The van der Waals surface area contributed by atoms with Crippen molar-refractivity contribution in [1.82, 2.24) is 4.72 Å². The number of allylic oxidation sites excluding steroid dienone is 1. The minimum atomic E-state index is -3.58. The van der Waals surface area contributed by atoms with E-state index in [9.17, 15) is 13.2 Å². The topological polar surface area (TPSA) is 75.3 Å². The number of fused-ring (bicyclic) bond motifs is 1. The van der Waals surface area contributed by atoms with Crippen LogP contribution in [0.3, 0.4) is 0 Å². The maximum absolute atomic E-state index is 12.7. The summed E-state index contributed by atoms with van der Waals surface area (Å²) in [6.45, 7) is 5.91. The molecule has 2 N–H and O–H groups in total. The van der Waals surface area contributed by atoms with Gasteiger partial charge in [-0.15, -0.1) is 0 Å². The normalized spacial score (nSPS) is 23.8. The first kappa shape index (κ1) is 17.2. The van der Waals surface area contributed by atoms with Crippen LogP contribution < -0.4 is 10.0 Å². The Hall–Kier alpha value is -1.66. The van der Waals surface area contributed by atoms with Crippen LogP contribution in [0.5, 0.6) is 0 Å². The molecule has 1 aliphatic carbocycles. The summed E-state index contributed by atoms with van der Waals surface area (Å²) in [5, 5.41) is 2.78. The van der Waals surface area contributed by atoms with Crippen LogP contribution in [-0.2, 0) is 14.8 Å². The van der Waals surface area contributed by atoms with Crippen molar-refractivity contribution >= 4 is 27.2 Å². The predicted molar refractivity (Wildman–Crippen MR) is 95.1 cm³/mol. The Morgan fingerprint density at radius 3 is 2.46 bits per heavy atom. The highest BCUT2D eigenvalue weighted by atomic mass is 32.2. The summed E-state index contributed by atoms with van der Waals surface area (Å²) in [5.41, 5.74) is 2.77. The fourth-order valence-electron chi connectivity index (χ4n) is 3.48. The number of amides is 1. The first-order chi connectivity index (χ1) is 11.3. The maximum atomic E-state index is 12.7. The number of benzene rings is 1. The van der Waals surface area contributed by atoms with Gasteiger partial charge in [0.25, 0.3) is 5.91 Å². The fourth-order valence-corrected chi connectivity index (χ4v) is 4.81. The van der Waals surface area contributed by atoms with E-state index in [1.54, 1.807) is 18.2 Å². The van der Waals surface area contributed by atoms with Crippen molar-refractivity contribution in [2.24, 2.45) is 5.92 Å². The van der Waals surface area contributed by atoms with Gasteiger partial charge in [0.05, 0.1) is 4.90 Å². The highest BCUT2D eigenvalue weighted by Gasteiger charge is 2.29. The highest BCUT2D eigenvalue weighted by Crippen LogP contribution is 2.35. The van der Waals surface area contributed by atoms with Crippen LogP contribution in [0.25, 0.3) is 5.57 Å². The number of anilines is 1. The third-order valence-corrected chi connectivity index (χ3v) is 6.40. The Morgan fingerprint density at radius 1 is 1.17 bits per heavy atom. The Morgan fingerprint density at radius 2 is 1.83 bits per heavy atom. The second-order valence-corrected chi connectivity index (χ2v) is 8.83. The lowest BCUT2D eigenvalue weighted by atomic mass is 9.88. The van der Waals surface area contributed by atoms with Crippen LogP contribution in [0.2, 0.25) is 0 Å². The third-order valence-electron chi connectivity index (χ3n) is 4.88. The van der Waals surface area contributed by atoms with Gasteiger partial charge in [-0.25, -0.2) is 13.1 Å². The summed E-state index contributed by atoms with van der Waals surface area (Å²) in [4.78, 5) is 12.3. The quantitative estimate of drug-likeness (QED) is 0.823. The van der Waals surface area contributed by atoms with Crippen molar-refractivity contribution in [2.45, 2.75) is 57.4 Å². The molecule has 1 aromatic carbocycles. The molecule has 1 fully saturated rings. The van der Waals surface area contributed by atoms with Gasteiger partial charge in [0.15, 0.2) is 0 Å². The van der Waals surface area contributed by atoms with Gasteiger partial charge < -0.3 is 5.32 Å². The molecule has 130 valence electrons. The third kappa shape index (κ3) is 3.26. The van der Waals surface area contributed by atoms with Gasteiger partial charge in [-0.05, 0) is 63.6 Å². The van der Waals surface area contributed by atoms with Crippen LogP contribution in [0, 0.1) is 5.92 Å². The standard InChI is InChI=1S/C18H24N2O3S/c1-11(2)17-15-10-14(8-9-16(15)19-18(17)21)24(22,23)20-13-6-4-12(3)5-7-13/h8-10,12-13,20H,4-7H2,1-3H3,(H,19,21). The molecule has 0 aromatic heterocycles. The fraction of sp³-hybridized carbons (Fsp3) is 0.500. The van der Waals surface area contributed by atoms with Gasteiger partial charge in [-0.2, -0.15) is 0 Å². The zero-order chi connectivity index (χ0) is 17.5. The molecule has 0 radical (unpaired) electrons. The first-order valence-electron chi connectivity index (χ1n) is 8.43. The first-order valence-corrected chi connectivity index (χ1v) is 9.92. The Labute approximate surface area is 143 Å². The average molecular weight is 348 g/mol. The van der Waals surface area contributed by atoms with Gasteiger partial charge in [0.2, 0.25) is 10.0 Å². The highest BCUT2D eigenvalue weighted by molar-refractivity contribution is 7.89. The number of nitrogens with one attached hydrogen (secondary N) is 2. The van der Waals surface area contributed by atoms with E-state index >= 15 is 0 Å². The van der Waals surface area contributed by atoms with Crippen LogP contribution in [0.15, 0.2) is 28.7 Å². The number of hydrogen-bond acceptors (Lipinski definition) is 3. The maximum Gasteiger partial charge on any atom is 0.256 e. The van der Waals surface area contributed by atoms with Crippen LogP contribution in [0.4, 0.5) is 5.69 Å². The molecule has 1 aliphatic heterocycles. The molecule has 2 aliphatic rings. The number of rotatable bonds is 3. The molecule has 3 rings (SSSR count). The molecule has 0 spiro atoms. The lowest BCUT2D eigenvalue weighted by Gasteiger charge is -2.26. The SMILES string of the molecule is CC(C)=C1C(=O)Nc2ccc(S(=O)(=O)NC3CCC(C)CC3)cc21. The minimum Gasteiger partial charge on any atom is -0.321 e. The van der Waals surface area contributed by atoms with E-state index in [2.05, 4.69) is 17.0 Å². The lowest BCUT2D eigenvalue weighted by Crippen LogP contribution is -2.37. The molecule has 24 heavy (non-hydrogen) atoms. The summed E-state index contributed by atoms with van der Waals surface area (Å²) >= 11 is 0. The molecule has 0 unspecified atom stereocenters. The van der Waals surface area contributed by atoms with Crippen LogP contribution >= 0.6 is 0 Å². The van der Waals surface area contributed by atoms with Gasteiger partial charge in [0.1, 0.15) is 0 Å². The van der Waals surface area contributed by atoms with Crippen molar-refractivity contribution in [2.75, 3.05) is 5.32 Å². The molecule has 1 saturated carbocycles. The molecule has 0 saturated heterocycles. The largest absolute Gasteiger partial charge is 0.321 e. The van der Waals surface area contributed by atoms with Gasteiger partial charge in [0, 0.05) is 22.9 Å². The summed E-state index contributed by atoms with van der Waals surface area (Å²) < 4.78 is 28.2. The van der Waals surface area contributed by atoms with E-state index in [1.165, 1.54) is 0 Å². The van der Waals surface area contributed by atoms with E-state index in [4.69, 9.17) is 0 Å². The summed E-state index contributed by atoms with van der Waals surface area (Å²) in [7, 11) is -3.58. The van der Waals surface area contributed by atoms with E-state index in [1.807, 2.05) is 13.8 Å². The van der Waals surface area contributed by atoms with Crippen molar-refractivity contribution in [3.05, 3.63) is 29.3 Å². The molecule has 6 heteroatoms. The van der Waals surface area contributed by atoms with E-state index in [-0.39, 0.29) is 16.8 Å². The summed E-state index contributed by atoms with van der Waals surface area (Å²) in [6.07, 6.45) is 3.87. The number of carbonyl (C=O) groups is 1. The van der Waals surface area contributed by atoms with Crippen molar-refractivity contribution in [1.29, 1.82) is 0 Å². The van der Waals surface area contributed by atoms with Crippen molar-refractivity contribution in [3.63, 3.8) is 0 Å². The Kier molecular flexibility index (Phi) is 4.53. The molecule has 0 bridgehead atoms. The van der Waals surface area contributed by atoms with E-state index in [0.717, 1.165) is 31.3 Å². The van der Waals surface area contributed by atoms with Gasteiger partial charge >= 0.3 is 0 Å². The summed E-state index contributed by atoms with van der Waals surface area (Å²) in [5.74, 6) is 0.497. The lowest BCUT2D eigenvalue weighted by molar-refractivity contribution is -0.110.